The van der Waals surface area contributed by atoms with Gasteiger partial charge in [0.15, 0.2) is 0 Å². The van der Waals surface area contributed by atoms with Crippen molar-refractivity contribution < 1.29 is 4.74 Å². The minimum absolute atomic E-state index is 0.361. The largest absolute Gasteiger partial charge is 0.493 e. The Labute approximate surface area is 92.6 Å². The van der Waals surface area contributed by atoms with E-state index in [1.165, 1.54) is 11.1 Å². The quantitative estimate of drug-likeness (QED) is 0.882. The second-order valence-electron chi connectivity index (χ2n) is 3.72. The molecule has 1 aliphatic rings. The molecule has 0 saturated carbocycles. The van der Waals surface area contributed by atoms with E-state index in [-0.39, 0.29) is 0 Å². The van der Waals surface area contributed by atoms with Crippen molar-refractivity contribution in [3.05, 3.63) is 27.7 Å². The molecule has 0 amide bonds. The first-order chi connectivity index (χ1) is 6.72. The molecule has 3 heteroatoms. The fraction of sp³-hybridized carbons (Fsp3) is 0.455. The Bertz CT molecular complexity index is 351. The summed E-state index contributed by atoms with van der Waals surface area (Å²) in [5.74, 6) is 1.42. The monoisotopic (exact) mass is 255 g/mol. The zero-order valence-electron chi connectivity index (χ0n) is 8.22. The number of fused-ring (bicyclic) bond motifs is 1. The molecule has 0 spiro atoms. The van der Waals surface area contributed by atoms with E-state index < -0.39 is 0 Å². The minimum atomic E-state index is 0.361. The fourth-order valence-electron chi connectivity index (χ4n) is 1.79. The third-order valence-electron chi connectivity index (χ3n) is 2.66. The standard InChI is InChI=1S/C11H14BrNO/c1-7(6-13)10-5-9(12)4-8-2-3-14-11(8)10/h4-5,7H,2-3,6,13H2,1H3. The maximum atomic E-state index is 5.68. The number of rotatable bonds is 2. The number of benzene rings is 1. The van der Waals surface area contributed by atoms with Gasteiger partial charge < -0.3 is 10.5 Å². The Kier molecular flexibility index (Phi) is 2.79. The van der Waals surface area contributed by atoms with Crippen molar-refractivity contribution in [2.75, 3.05) is 13.2 Å². The second-order valence-corrected chi connectivity index (χ2v) is 4.63. The van der Waals surface area contributed by atoms with Crippen molar-refractivity contribution in [2.24, 2.45) is 5.73 Å². The lowest BCUT2D eigenvalue weighted by molar-refractivity contribution is 0.351. The third kappa shape index (κ3) is 1.66. The van der Waals surface area contributed by atoms with Crippen LogP contribution in [0.2, 0.25) is 0 Å². The van der Waals surface area contributed by atoms with Crippen LogP contribution in [-0.4, -0.2) is 13.2 Å². The Morgan fingerprint density at radius 2 is 2.36 bits per heavy atom. The van der Waals surface area contributed by atoms with Gasteiger partial charge in [-0.3, -0.25) is 0 Å². The van der Waals surface area contributed by atoms with Crippen LogP contribution < -0.4 is 10.5 Å². The zero-order chi connectivity index (χ0) is 10.1. The molecule has 1 heterocycles. The van der Waals surface area contributed by atoms with E-state index in [0.29, 0.717) is 12.5 Å². The molecule has 2 N–H and O–H groups in total. The first-order valence-electron chi connectivity index (χ1n) is 4.87. The van der Waals surface area contributed by atoms with Gasteiger partial charge in [0, 0.05) is 10.9 Å². The predicted molar refractivity (Wildman–Crippen MR) is 60.8 cm³/mol. The SMILES string of the molecule is CC(CN)c1cc(Br)cc2c1OCC2. The van der Waals surface area contributed by atoms with Gasteiger partial charge in [0.1, 0.15) is 5.75 Å². The van der Waals surface area contributed by atoms with Crippen LogP contribution in [0.15, 0.2) is 16.6 Å². The van der Waals surface area contributed by atoms with Gasteiger partial charge in [0.2, 0.25) is 0 Å². The van der Waals surface area contributed by atoms with E-state index in [1.54, 1.807) is 0 Å². The predicted octanol–water partition coefficient (Wildman–Crippen LogP) is 2.45. The molecule has 0 radical (unpaired) electrons. The van der Waals surface area contributed by atoms with Crippen molar-refractivity contribution in [1.29, 1.82) is 0 Å². The lowest BCUT2D eigenvalue weighted by atomic mass is 9.98. The minimum Gasteiger partial charge on any atom is -0.493 e. The van der Waals surface area contributed by atoms with Crippen LogP contribution in [0.4, 0.5) is 0 Å². The Balaban J connectivity index is 2.48. The summed E-state index contributed by atoms with van der Waals surface area (Å²) < 4.78 is 6.75. The Hall–Kier alpha value is -0.540. The van der Waals surface area contributed by atoms with E-state index in [2.05, 4.69) is 35.0 Å². The number of nitrogens with two attached hydrogens (primary N) is 1. The molecule has 0 aliphatic carbocycles. The van der Waals surface area contributed by atoms with Gasteiger partial charge in [-0.1, -0.05) is 22.9 Å². The van der Waals surface area contributed by atoms with Gasteiger partial charge in [0.25, 0.3) is 0 Å². The lowest BCUT2D eigenvalue weighted by Crippen LogP contribution is -2.10. The molecule has 0 saturated heterocycles. The van der Waals surface area contributed by atoms with Crippen LogP contribution >= 0.6 is 15.9 Å². The molecule has 1 aliphatic heterocycles. The highest BCUT2D eigenvalue weighted by Gasteiger charge is 2.20. The summed E-state index contributed by atoms with van der Waals surface area (Å²) >= 11 is 3.52. The summed E-state index contributed by atoms with van der Waals surface area (Å²) in [4.78, 5) is 0. The summed E-state index contributed by atoms with van der Waals surface area (Å²) in [7, 11) is 0. The van der Waals surface area contributed by atoms with Crippen molar-refractivity contribution in [2.45, 2.75) is 19.3 Å². The summed E-state index contributed by atoms with van der Waals surface area (Å²) in [6.45, 7) is 3.59. The fourth-order valence-corrected chi connectivity index (χ4v) is 2.31. The van der Waals surface area contributed by atoms with Crippen LogP contribution in [0.1, 0.15) is 24.0 Å². The normalized spacial score (nSPS) is 16.2. The van der Waals surface area contributed by atoms with E-state index in [4.69, 9.17) is 10.5 Å². The molecule has 2 nitrogen and oxygen atoms in total. The first kappa shape index (κ1) is 9.99. The maximum Gasteiger partial charge on any atom is 0.126 e. The number of hydrogen-bond donors (Lipinski definition) is 1. The van der Waals surface area contributed by atoms with Gasteiger partial charge in [-0.2, -0.15) is 0 Å². The molecule has 1 aromatic carbocycles. The molecule has 2 rings (SSSR count). The summed E-state index contributed by atoms with van der Waals surface area (Å²) in [6.07, 6.45) is 1.01. The van der Waals surface area contributed by atoms with Crippen LogP contribution in [0.5, 0.6) is 5.75 Å². The van der Waals surface area contributed by atoms with Crippen LogP contribution in [-0.2, 0) is 6.42 Å². The number of halogens is 1. The molecular formula is C11H14BrNO. The highest BCUT2D eigenvalue weighted by atomic mass is 79.9. The molecule has 0 bridgehead atoms. The molecule has 76 valence electrons. The molecule has 1 unspecified atom stereocenters. The smallest absolute Gasteiger partial charge is 0.126 e. The van der Waals surface area contributed by atoms with E-state index in [9.17, 15) is 0 Å². The molecule has 1 aromatic rings. The molecule has 0 aromatic heterocycles. The average Bonchev–Trinajstić information content (AvgIpc) is 2.62. The van der Waals surface area contributed by atoms with Gasteiger partial charge in [-0.25, -0.2) is 0 Å². The first-order valence-corrected chi connectivity index (χ1v) is 5.67. The van der Waals surface area contributed by atoms with Crippen LogP contribution in [0.3, 0.4) is 0 Å². The second kappa shape index (κ2) is 3.91. The molecule has 0 fully saturated rings. The van der Waals surface area contributed by atoms with Gasteiger partial charge in [0.05, 0.1) is 6.61 Å². The third-order valence-corrected chi connectivity index (χ3v) is 3.12. The van der Waals surface area contributed by atoms with Gasteiger partial charge >= 0.3 is 0 Å². The number of ether oxygens (including phenoxy) is 1. The van der Waals surface area contributed by atoms with Gasteiger partial charge in [-0.15, -0.1) is 0 Å². The van der Waals surface area contributed by atoms with Crippen LogP contribution in [0, 0.1) is 0 Å². The molecular weight excluding hydrogens is 242 g/mol. The van der Waals surface area contributed by atoms with Crippen molar-refractivity contribution in [3.63, 3.8) is 0 Å². The average molecular weight is 256 g/mol. The molecule has 1 atom stereocenters. The summed E-state index contributed by atoms with van der Waals surface area (Å²) in [5, 5.41) is 0. The van der Waals surface area contributed by atoms with Crippen molar-refractivity contribution in [1.82, 2.24) is 0 Å². The van der Waals surface area contributed by atoms with Crippen molar-refractivity contribution in [3.8, 4) is 5.75 Å². The Morgan fingerprint density at radius 1 is 1.57 bits per heavy atom. The summed E-state index contributed by atoms with van der Waals surface area (Å²) in [6, 6.07) is 4.25. The highest BCUT2D eigenvalue weighted by Crippen LogP contribution is 2.36. The summed E-state index contributed by atoms with van der Waals surface area (Å²) in [5.41, 5.74) is 8.21. The maximum absolute atomic E-state index is 5.68. The van der Waals surface area contributed by atoms with E-state index in [1.807, 2.05) is 0 Å². The van der Waals surface area contributed by atoms with E-state index >= 15 is 0 Å². The highest BCUT2D eigenvalue weighted by molar-refractivity contribution is 9.10. The van der Waals surface area contributed by atoms with Crippen LogP contribution in [0.25, 0.3) is 0 Å². The van der Waals surface area contributed by atoms with E-state index in [0.717, 1.165) is 23.2 Å². The topological polar surface area (TPSA) is 35.2 Å². The Morgan fingerprint density at radius 3 is 3.07 bits per heavy atom. The lowest BCUT2D eigenvalue weighted by Gasteiger charge is -2.14. The zero-order valence-corrected chi connectivity index (χ0v) is 9.80. The van der Waals surface area contributed by atoms with Crippen molar-refractivity contribution >= 4 is 15.9 Å². The van der Waals surface area contributed by atoms with Gasteiger partial charge in [-0.05, 0) is 35.7 Å². The number of hydrogen-bond acceptors (Lipinski definition) is 2. The molecule has 14 heavy (non-hydrogen) atoms.